The Labute approximate surface area is 151 Å². The third-order valence-electron chi connectivity index (χ3n) is 4.74. The number of hydrogen-bond donors (Lipinski definition) is 1. The highest BCUT2D eigenvalue weighted by molar-refractivity contribution is 9.10. The Kier molecular flexibility index (Phi) is 4.10. The lowest BCUT2D eigenvalue weighted by Gasteiger charge is -2.21. The van der Waals surface area contributed by atoms with Crippen molar-refractivity contribution in [3.05, 3.63) is 58.7 Å². The van der Waals surface area contributed by atoms with E-state index in [4.69, 9.17) is 0 Å². The number of anilines is 1. The summed E-state index contributed by atoms with van der Waals surface area (Å²) in [6, 6.07) is 15.6. The molecule has 0 saturated carbocycles. The summed E-state index contributed by atoms with van der Waals surface area (Å²) in [7, 11) is 4.27. The third kappa shape index (κ3) is 2.74. The first-order valence-electron chi connectivity index (χ1n) is 8.44. The molecule has 0 amide bonds. The van der Waals surface area contributed by atoms with Gasteiger partial charge in [-0.15, -0.1) is 0 Å². The molecular weight excluding hydrogens is 362 g/mol. The van der Waals surface area contributed by atoms with E-state index in [-0.39, 0.29) is 0 Å². The summed E-state index contributed by atoms with van der Waals surface area (Å²) in [6.07, 6.45) is 4.47. The van der Waals surface area contributed by atoms with E-state index in [9.17, 15) is 0 Å². The van der Waals surface area contributed by atoms with Gasteiger partial charge in [0.1, 0.15) is 0 Å². The number of nitrogens with zero attached hydrogens (tertiary/aromatic N) is 2. The van der Waals surface area contributed by atoms with E-state index in [0.717, 1.165) is 17.4 Å². The summed E-state index contributed by atoms with van der Waals surface area (Å²) in [5, 5.41) is 5.08. The lowest BCUT2D eigenvalue weighted by molar-refractivity contribution is 0.388. The van der Waals surface area contributed by atoms with Gasteiger partial charge in [0, 0.05) is 21.6 Å². The molecule has 0 radical (unpaired) electrons. The number of fused-ring (bicyclic) bond motifs is 2. The standard InChI is InChI=1S/C20H22BrN3/c1-23(2)10-5-7-17-16-13-15(21)12-14-9-11-24(20(14)16)19-8-4-3-6-18(19)22-17/h3-4,6,8-9,11-13,17,22H,5,7,10H2,1-2H3. The van der Waals surface area contributed by atoms with Crippen molar-refractivity contribution in [1.82, 2.24) is 9.47 Å². The maximum absolute atomic E-state index is 3.79. The van der Waals surface area contributed by atoms with Crippen molar-refractivity contribution < 1.29 is 0 Å². The van der Waals surface area contributed by atoms with Crippen LogP contribution < -0.4 is 5.32 Å². The van der Waals surface area contributed by atoms with E-state index >= 15 is 0 Å². The Morgan fingerprint density at radius 1 is 1.17 bits per heavy atom. The fraction of sp³-hybridized carbons (Fsp3) is 0.300. The van der Waals surface area contributed by atoms with Gasteiger partial charge >= 0.3 is 0 Å². The molecule has 2 heterocycles. The van der Waals surface area contributed by atoms with Crippen molar-refractivity contribution in [2.45, 2.75) is 18.9 Å². The van der Waals surface area contributed by atoms with Crippen LogP contribution in [0.5, 0.6) is 0 Å². The number of halogens is 1. The topological polar surface area (TPSA) is 20.2 Å². The zero-order valence-corrected chi connectivity index (χ0v) is 15.7. The molecule has 0 saturated heterocycles. The molecule has 0 fully saturated rings. The number of hydrogen-bond acceptors (Lipinski definition) is 2. The molecule has 4 heteroatoms. The van der Waals surface area contributed by atoms with Crippen LogP contribution in [0.3, 0.4) is 0 Å². The van der Waals surface area contributed by atoms with Crippen molar-refractivity contribution >= 4 is 32.5 Å². The molecule has 4 rings (SSSR count). The van der Waals surface area contributed by atoms with Crippen LogP contribution in [-0.2, 0) is 0 Å². The SMILES string of the molecule is CN(C)CCCC1Nc2ccccc2-n2ccc3cc(Br)cc1c32. The van der Waals surface area contributed by atoms with Crippen LogP contribution >= 0.6 is 15.9 Å². The summed E-state index contributed by atoms with van der Waals surface area (Å²) in [4.78, 5) is 2.25. The number of nitrogens with one attached hydrogen (secondary N) is 1. The molecule has 0 bridgehead atoms. The van der Waals surface area contributed by atoms with Gasteiger partial charge in [-0.3, -0.25) is 0 Å². The molecule has 1 atom stereocenters. The maximum atomic E-state index is 3.79. The van der Waals surface area contributed by atoms with Crippen molar-refractivity contribution in [3.8, 4) is 5.69 Å². The van der Waals surface area contributed by atoms with Gasteiger partial charge in [-0.25, -0.2) is 0 Å². The van der Waals surface area contributed by atoms with Gasteiger partial charge in [0.25, 0.3) is 0 Å². The Morgan fingerprint density at radius 3 is 2.83 bits per heavy atom. The summed E-state index contributed by atoms with van der Waals surface area (Å²) in [6.45, 7) is 1.11. The quantitative estimate of drug-likeness (QED) is 0.667. The molecule has 1 N–H and O–H groups in total. The molecule has 1 aromatic heterocycles. The first kappa shape index (κ1) is 15.7. The molecule has 1 aliphatic heterocycles. The van der Waals surface area contributed by atoms with Crippen LogP contribution in [0.1, 0.15) is 24.4 Å². The average Bonchev–Trinajstić information content (AvgIpc) is 2.91. The zero-order valence-electron chi connectivity index (χ0n) is 14.1. The number of para-hydroxylation sites is 2. The van der Waals surface area contributed by atoms with Crippen LogP contribution in [0.25, 0.3) is 16.6 Å². The Morgan fingerprint density at radius 2 is 2.00 bits per heavy atom. The number of rotatable bonds is 4. The zero-order chi connectivity index (χ0) is 16.7. The monoisotopic (exact) mass is 383 g/mol. The van der Waals surface area contributed by atoms with Gasteiger partial charge in [-0.1, -0.05) is 28.1 Å². The van der Waals surface area contributed by atoms with Crippen molar-refractivity contribution in [2.24, 2.45) is 0 Å². The number of benzene rings is 2. The van der Waals surface area contributed by atoms with Crippen LogP contribution in [0.4, 0.5) is 5.69 Å². The van der Waals surface area contributed by atoms with Crippen molar-refractivity contribution in [2.75, 3.05) is 26.0 Å². The highest BCUT2D eigenvalue weighted by Gasteiger charge is 2.23. The van der Waals surface area contributed by atoms with Gasteiger partial charge in [0.05, 0.1) is 22.9 Å². The van der Waals surface area contributed by atoms with Gasteiger partial charge < -0.3 is 14.8 Å². The maximum Gasteiger partial charge on any atom is 0.0688 e. The first-order chi connectivity index (χ1) is 11.6. The van der Waals surface area contributed by atoms with E-state index < -0.39 is 0 Å². The number of aromatic nitrogens is 1. The summed E-state index contributed by atoms with van der Waals surface area (Å²) in [5.74, 6) is 0. The fourth-order valence-electron chi connectivity index (χ4n) is 3.65. The highest BCUT2D eigenvalue weighted by Crippen LogP contribution is 2.39. The van der Waals surface area contributed by atoms with Gasteiger partial charge in [0.2, 0.25) is 0 Å². The molecule has 0 aliphatic carbocycles. The Balaban J connectivity index is 1.85. The normalized spacial score (nSPS) is 16.1. The first-order valence-corrected chi connectivity index (χ1v) is 9.24. The minimum absolute atomic E-state index is 0.322. The second-order valence-corrected chi connectivity index (χ2v) is 7.69. The summed E-state index contributed by atoms with van der Waals surface area (Å²) >= 11 is 3.69. The second-order valence-electron chi connectivity index (χ2n) is 6.78. The van der Waals surface area contributed by atoms with Crippen LogP contribution in [-0.4, -0.2) is 30.1 Å². The van der Waals surface area contributed by atoms with Gasteiger partial charge in [-0.05, 0) is 63.8 Å². The van der Waals surface area contributed by atoms with E-state index in [1.54, 1.807) is 0 Å². The minimum Gasteiger partial charge on any atom is -0.376 e. The Hall–Kier alpha value is -1.78. The fourth-order valence-corrected chi connectivity index (χ4v) is 4.15. The molecule has 3 aromatic rings. The average molecular weight is 384 g/mol. The smallest absolute Gasteiger partial charge is 0.0688 e. The molecule has 0 spiro atoms. The van der Waals surface area contributed by atoms with Gasteiger partial charge in [-0.2, -0.15) is 0 Å². The summed E-state index contributed by atoms with van der Waals surface area (Å²) in [5.41, 5.74) is 5.13. The minimum atomic E-state index is 0.322. The molecular formula is C20H22BrN3. The molecule has 2 aromatic carbocycles. The Bertz CT molecular complexity index is 882. The molecule has 1 unspecified atom stereocenters. The molecule has 24 heavy (non-hydrogen) atoms. The van der Waals surface area contributed by atoms with Crippen LogP contribution in [0.2, 0.25) is 0 Å². The third-order valence-corrected chi connectivity index (χ3v) is 5.20. The molecule has 1 aliphatic rings. The lowest BCUT2D eigenvalue weighted by atomic mass is 9.99. The van der Waals surface area contributed by atoms with E-state index in [1.165, 1.54) is 34.3 Å². The second kappa shape index (κ2) is 6.26. The predicted molar refractivity (Wildman–Crippen MR) is 105 cm³/mol. The largest absolute Gasteiger partial charge is 0.376 e. The van der Waals surface area contributed by atoms with Crippen LogP contribution in [0, 0.1) is 0 Å². The highest BCUT2D eigenvalue weighted by atomic mass is 79.9. The van der Waals surface area contributed by atoms with Crippen LogP contribution in [0.15, 0.2) is 53.1 Å². The van der Waals surface area contributed by atoms with Crippen molar-refractivity contribution in [1.29, 1.82) is 0 Å². The lowest BCUT2D eigenvalue weighted by Crippen LogP contribution is -2.16. The molecule has 124 valence electrons. The molecule has 3 nitrogen and oxygen atoms in total. The van der Waals surface area contributed by atoms with Crippen molar-refractivity contribution in [3.63, 3.8) is 0 Å². The van der Waals surface area contributed by atoms with E-state index in [2.05, 4.69) is 93.5 Å². The van der Waals surface area contributed by atoms with Gasteiger partial charge in [0.15, 0.2) is 0 Å². The van der Waals surface area contributed by atoms with E-state index in [1.807, 2.05) is 0 Å². The summed E-state index contributed by atoms with van der Waals surface area (Å²) < 4.78 is 3.47. The van der Waals surface area contributed by atoms with E-state index in [0.29, 0.717) is 6.04 Å². The predicted octanol–water partition coefficient (Wildman–Crippen LogP) is 5.20.